The second-order valence-electron chi connectivity index (χ2n) is 4.53. The molecule has 0 spiro atoms. The van der Waals surface area contributed by atoms with E-state index in [1.54, 1.807) is 31.4 Å². The molecule has 20 heavy (non-hydrogen) atoms. The molecule has 0 fully saturated rings. The van der Waals surface area contributed by atoms with Gasteiger partial charge in [0.2, 0.25) is 0 Å². The summed E-state index contributed by atoms with van der Waals surface area (Å²) in [5.74, 6) is 0.446. The number of nitrogens with one attached hydrogen (secondary N) is 2. The van der Waals surface area contributed by atoms with Gasteiger partial charge in [-0.15, -0.1) is 0 Å². The van der Waals surface area contributed by atoms with Crippen LogP contribution >= 0.6 is 0 Å². The molecule has 2 N–H and O–H groups in total. The van der Waals surface area contributed by atoms with Crippen LogP contribution < -0.4 is 15.0 Å². The topological polar surface area (TPSA) is 64.4 Å². The summed E-state index contributed by atoms with van der Waals surface area (Å²) in [4.78, 5) is 17.5. The van der Waals surface area contributed by atoms with Crippen molar-refractivity contribution in [2.75, 3.05) is 41.4 Å². The lowest BCUT2D eigenvalue weighted by Gasteiger charge is -2.09. The number of ether oxygens (including phenoxy) is 2. The summed E-state index contributed by atoms with van der Waals surface area (Å²) in [6, 6.07) is 7.06. The molecule has 0 bridgehead atoms. The minimum Gasteiger partial charge on any atom is -0.497 e. The molecule has 0 heterocycles. The molecule has 1 aromatic carbocycles. The Morgan fingerprint density at radius 3 is 2.40 bits per heavy atom. The molecule has 1 rings (SSSR count). The summed E-state index contributed by atoms with van der Waals surface area (Å²) in [5.41, 5.74) is 0.522. The second kappa shape index (κ2) is 8.16. The summed E-state index contributed by atoms with van der Waals surface area (Å²) in [5, 5.41) is 2.63. The van der Waals surface area contributed by atoms with E-state index in [4.69, 9.17) is 9.47 Å². The fourth-order valence-electron chi connectivity index (χ4n) is 1.45. The number of hydrogen-bond acceptors (Lipinski definition) is 4. The maximum absolute atomic E-state index is 12.0. The zero-order chi connectivity index (χ0) is 15.0. The van der Waals surface area contributed by atoms with E-state index in [-0.39, 0.29) is 11.9 Å². The van der Waals surface area contributed by atoms with E-state index in [0.717, 1.165) is 6.54 Å². The quantitative estimate of drug-likeness (QED) is 0.568. The SMILES string of the molecule is COC(=NCC[NH+](C)C)NC(=O)c1ccc(OC)cc1. The Bertz CT molecular complexity index is 455. The van der Waals surface area contributed by atoms with Crippen molar-refractivity contribution in [3.8, 4) is 5.75 Å². The number of benzene rings is 1. The highest BCUT2D eigenvalue weighted by atomic mass is 16.5. The van der Waals surface area contributed by atoms with E-state index in [0.29, 0.717) is 17.9 Å². The van der Waals surface area contributed by atoms with Crippen LogP contribution in [0.25, 0.3) is 0 Å². The standard InChI is InChI=1S/C14H21N3O3/c1-17(2)10-9-15-14(20-4)16-13(18)11-5-7-12(19-3)8-6-11/h5-8H,9-10H2,1-4H3,(H,15,16,18)/p+1. The largest absolute Gasteiger partial charge is 0.497 e. The molecule has 0 atom stereocenters. The fourth-order valence-corrected chi connectivity index (χ4v) is 1.45. The molecule has 1 amide bonds. The third-order valence-electron chi connectivity index (χ3n) is 2.63. The van der Waals surface area contributed by atoms with Crippen molar-refractivity contribution in [1.82, 2.24) is 5.32 Å². The first-order valence-corrected chi connectivity index (χ1v) is 6.39. The molecular formula is C14H22N3O3+. The Morgan fingerprint density at radius 1 is 1.25 bits per heavy atom. The van der Waals surface area contributed by atoms with Gasteiger partial charge in [0.15, 0.2) is 0 Å². The summed E-state index contributed by atoms with van der Waals surface area (Å²) < 4.78 is 10.1. The molecule has 0 unspecified atom stereocenters. The highest BCUT2D eigenvalue weighted by Gasteiger charge is 2.09. The Kier molecular flexibility index (Phi) is 6.52. The Morgan fingerprint density at radius 2 is 1.90 bits per heavy atom. The van der Waals surface area contributed by atoms with Crippen molar-refractivity contribution in [3.63, 3.8) is 0 Å². The number of hydrogen-bond donors (Lipinski definition) is 2. The Balaban J connectivity index is 2.61. The van der Waals surface area contributed by atoms with Crippen molar-refractivity contribution in [3.05, 3.63) is 29.8 Å². The minimum atomic E-state index is -0.259. The number of nitrogens with zero attached hydrogens (tertiary/aromatic N) is 1. The van der Waals surface area contributed by atoms with Gasteiger partial charge in [0.05, 0.1) is 41.4 Å². The lowest BCUT2D eigenvalue weighted by atomic mass is 10.2. The first kappa shape index (κ1) is 16.0. The lowest BCUT2D eigenvalue weighted by Crippen LogP contribution is -3.06. The van der Waals surface area contributed by atoms with Gasteiger partial charge in [0.25, 0.3) is 11.9 Å². The van der Waals surface area contributed by atoms with Crippen LogP contribution in [0.15, 0.2) is 29.3 Å². The zero-order valence-electron chi connectivity index (χ0n) is 12.4. The molecule has 0 radical (unpaired) electrons. The van der Waals surface area contributed by atoms with Gasteiger partial charge in [-0.2, -0.15) is 0 Å². The molecular weight excluding hydrogens is 258 g/mol. The van der Waals surface area contributed by atoms with E-state index in [2.05, 4.69) is 10.3 Å². The molecule has 110 valence electrons. The highest BCUT2D eigenvalue weighted by molar-refractivity contribution is 6.04. The van der Waals surface area contributed by atoms with Gasteiger partial charge in [-0.25, -0.2) is 4.99 Å². The molecule has 0 aliphatic heterocycles. The van der Waals surface area contributed by atoms with Crippen molar-refractivity contribution in [2.24, 2.45) is 4.99 Å². The van der Waals surface area contributed by atoms with Crippen LogP contribution in [0, 0.1) is 0 Å². The Hall–Kier alpha value is -2.08. The summed E-state index contributed by atoms with van der Waals surface area (Å²) >= 11 is 0. The van der Waals surface area contributed by atoms with Crippen LogP contribution in [-0.2, 0) is 4.74 Å². The number of carbonyl (C=O) groups excluding carboxylic acids is 1. The number of aliphatic imine (C=N–C) groups is 1. The van der Waals surface area contributed by atoms with Gasteiger partial charge in [0, 0.05) is 5.56 Å². The number of amides is 1. The normalized spacial score (nSPS) is 11.3. The summed E-state index contributed by atoms with van der Waals surface area (Å²) in [7, 11) is 7.14. The third kappa shape index (κ3) is 5.27. The van der Waals surface area contributed by atoms with Gasteiger partial charge < -0.3 is 14.4 Å². The van der Waals surface area contributed by atoms with Crippen LogP contribution in [0.3, 0.4) is 0 Å². The molecule has 6 heteroatoms. The number of quaternary nitrogens is 1. The van der Waals surface area contributed by atoms with E-state index in [9.17, 15) is 4.79 Å². The van der Waals surface area contributed by atoms with Crippen molar-refractivity contribution in [1.29, 1.82) is 0 Å². The molecule has 6 nitrogen and oxygen atoms in total. The molecule has 0 aliphatic carbocycles. The summed E-state index contributed by atoms with van der Waals surface area (Å²) in [6.07, 6.45) is 0. The Labute approximate surface area is 119 Å². The minimum absolute atomic E-state index is 0.229. The number of carbonyl (C=O) groups is 1. The molecule has 0 aliphatic rings. The number of rotatable bonds is 5. The zero-order valence-corrected chi connectivity index (χ0v) is 12.4. The average Bonchev–Trinajstić information content (AvgIpc) is 2.45. The first-order chi connectivity index (χ1) is 9.56. The number of amidine groups is 1. The smallest absolute Gasteiger partial charge is 0.291 e. The monoisotopic (exact) mass is 280 g/mol. The number of methoxy groups -OCH3 is 2. The van der Waals surface area contributed by atoms with Crippen LogP contribution in [-0.4, -0.2) is 53.3 Å². The second-order valence-corrected chi connectivity index (χ2v) is 4.53. The van der Waals surface area contributed by atoms with E-state index in [1.807, 2.05) is 14.1 Å². The van der Waals surface area contributed by atoms with E-state index < -0.39 is 0 Å². The molecule has 0 saturated carbocycles. The van der Waals surface area contributed by atoms with E-state index >= 15 is 0 Å². The summed E-state index contributed by atoms with van der Waals surface area (Å²) in [6.45, 7) is 1.46. The van der Waals surface area contributed by atoms with Gasteiger partial charge in [0.1, 0.15) is 5.75 Å². The number of likely N-dealkylation sites (N-methyl/N-ethyl adjacent to an activating group) is 1. The first-order valence-electron chi connectivity index (χ1n) is 6.39. The van der Waals surface area contributed by atoms with Gasteiger partial charge in [-0.05, 0) is 24.3 Å². The van der Waals surface area contributed by atoms with Crippen LogP contribution in [0.5, 0.6) is 5.75 Å². The molecule has 0 saturated heterocycles. The molecule has 1 aromatic rings. The maximum Gasteiger partial charge on any atom is 0.291 e. The van der Waals surface area contributed by atoms with Gasteiger partial charge in [-0.3, -0.25) is 10.1 Å². The van der Waals surface area contributed by atoms with Crippen LogP contribution in [0.2, 0.25) is 0 Å². The lowest BCUT2D eigenvalue weighted by molar-refractivity contribution is -0.856. The molecule has 0 aromatic heterocycles. The van der Waals surface area contributed by atoms with E-state index in [1.165, 1.54) is 12.0 Å². The maximum atomic E-state index is 12.0. The van der Waals surface area contributed by atoms with Crippen LogP contribution in [0.1, 0.15) is 10.4 Å². The van der Waals surface area contributed by atoms with Crippen LogP contribution in [0.4, 0.5) is 0 Å². The highest BCUT2D eigenvalue weighted by Crippen LogP contribution is 2.10. The third-order valence-corrected chi connectivity index (χ3v) is 2.63. The average molecular weight is 280 g/mol. The van der Waals surface area contributed by atoms with Crippen molar-refractivity contribution >= 4 is 11.9 Å². The van der Waals surface area contributed by atoms with Gasteiger partial charge >= 0.3 is 0 Å². The fraction of sp³-hybridized carbons (Fsp3) is 0.429. The predicted molar refractivity (Wildman–Crippen MR) is 77.4 cm³/mol. The van der Waals surface area contributed by atoms with Crippen molar-refractivity contribution in [2.45, 2.75) is 0 Å². The van der Waals surface area contributed by atoms with Crippen molar-refractivity contribution < 1.29 is 19.2 Å². The predicted octanol–water partition coefficient (Wildman–Crippen LogP) is -0.428. The van der Waals surface area contributed by atoms with Gasteiger partial charge in [-0.1, -0.05) is 0 Å².